The number of imide groups is 1. The van der Waals surface area contributed by atoms with Gasteiger partial charge in [0.2, 0.25) is 0 Å². The molecule has 0 fully saturated rings. The lowest BCUT2D eigenvalue weighted by Crippen LogP contribution is -2.29. The SMILES string of the molecule is COC(=O)c1ccc2c(c1)C(=O)N(c1ccccc1)C2=O. The summed E-state index contributed by atoms with van der Waals surface area (Å²) < 4.78 is 4.62. The van der Waals surface area contributed by atoms with E-state index in [2.05, 4.69) is 4.74 Å². The number of benzene rings is 2. The maximum absolute atomic E-state index is 12.4. The predicted octanol–water partition coefficient (Wildman–Crippen LogP) is 2.27. The second-order valence-corrected chi connectivity index (χ2v) is 4.53. The van der Waals surface area contributed by atoms with Crippen LogP contribution >= 0.6 is 0 Å². The lowest BCUT2D eigenvalue weighted by molar-refractivity contribution is 0.0600. The monoisotopic (exact) mass is 281 g/mol. The number of methoxy groups -OCH3 is 1. The summed E-state index contributed by atoms with van der Waals surface area (Å²) in [6.45, 7) is 0. The van der Waals surface area contributed by atoms with Crippen LogP contribution in [0.15, 0.2) is 48.5 Å². The summed E-state index contributed by atoms with van der Waals surface area (Å²) in [6, 6.07) is 13.0. The van der Waals surface area contributed by atoms with Crippen molar-refractivity contribution in [2.45, 2.75) is 0 Å². The van der Waals surface area contributed by atoms with Gasteiger partial charge in [0.25, 0.3) is 11.8 Å². The number of carbonyl (C=O) groups is 3. The maximum atomic E-state index is 12.4. The van der Waals surface area contributed by atoms with Crippen LogP contribution in [0.1, 0.15) is 31.1 Å². The zero-order chi connectivity index (χ0) is 15.0. The van der Waals surface area contributed by atoms with Gasteiger partial charge in [-0.25, -0.2) is 9.69 Å². The van der Waals surface area contributed by atoms with Gasteiger partial charge in [0, 0.05) is 0 Å². The molecule has 0 radical (unpaired) electrons. The third-order valence-corrected chi connectivity index (χ3v) is 3.32. The Bertz CT molecular complexity index is 752. The van der Waals surface area contributed by atoms with E-state index in [1.54, 1.807) is 30.3 Å². The molecule has 104 valence electrons. The first-order valence-corrected chi connectivity index (χ1v) is 6.29. The van der Waals surface area contributed by atoms with E-state index in [9.17, 15) is 14.4 Å². The average molecular weight is 281 g/mol. The molecule has 0 bridgehead atoms. The van der Waals surface area contributed by atoms with Crippen molar-refractivity contribution in [3.05, 3.63) is 65.2 Å². The first-order valence-electron chi connectivity index (χ1n) is 6.29. The Balaban J connectivity index is 2.07. The number of esters is 1. The molecule has 0 N–H and O–H groups in total. The lowest BCUT2D eigenvalue weighted by atomic mass is 10.1. The van der Waals surface area contributed by atoms with Gasteiger partial charge in [-0.1, -0.05) is 18.2 Å². The fourth-order valence-corrected chi connectivity index (χ4v) is 2.30. The average Bonchev–Trinajstić information content (AvgIpc) is 2.78. The Morgan fingerprint density at radius 3 is 2.29 bits per heavy atom. The zero-order valence-electron chi connectivity index (χ0n) is 11.2. The van der Waals surface area contributed by atoms with Crippen molar-refractivity contribution in [3.63, 3.8) is 0 Å². The van der Waals surface area contributed by atoms with E-state index in [4.69, 9.17) is 0 Å². The minimum absolute atomic E-state index is 0.215. The number of amides is 2. The third-order valence-electron chi connectivity index (χ3n) is 3.32. The molecular weight excluding hydrogens is 270 g/mol. The van der Waals surface area contributed by atoms with E-state index in [-0.39, 0.29) is 16.7 Å². The van der Waals surface area contributed by atoms with Crippen LogP contribution in [0.25, 0.3) is 0 Å². The van der Waals surface area contributed by atoms with Crippen LogP contribution in [-0.2, 0) is 4.74 Å². The van der Waals surface area contributed by atoms with E-state index in [1.807, 2.05) is 0 Å². The second-order valence-electron chi connectivity index (χ2n) is 4.53. The summed E-state index contributed by atoms with van der Waals surface area (Å²) >= 11 is 0. The number of anilines is 1. The molecule has 0 unspecified atom stereocenters. The number of carbonyl (C=O) groups excluding carboxylic acids is 3. The molecule has 0 aliphatic carbocycles. The van der Waals surface area contributed by atoms with Gasteiger partial charge in [-0.3, -0.25) is 9.59 Å². The maximum Gasteiger partial charge on any atom is 0.337 e. The van der Waals surface area contributed by atoms with Crippen LogP contribution in [-0.4, -0.2) is 24.9 Å². The van der Waals surface area contributed by atoms with E-state index >= 15 is 0 Å². The molecule has 5 heteroatoms. The first-order chi connectivity index (χ1) is 10.1. The van der Waals surface area contributed by atoms with Gasteiger partial charge in [-0.05, 0) is 30.3 Å². The van der Waals surface area contributed by atoms with E-state index in [0.717, 1.165) is 4.90 Å². The number of rotatable bonds is 2. The summed E-state index contributed by atoms with van der Waals surface area (Å²) in [4.78, 5) is 37.4. The minimum atomic E-state index is -0.545. The topological polar surface area (TPSA) is 63.7 Å². The van der Waals surface area contributed by atoms with Gasteiger partial charge in [0.15, 0.2) is 0 Å². The Labute approximate surface area is 120 Å². The van der Waals surface area contributed by atoms with Crippen LogP contribution in [0.2, 0.25) is 0 Å². The Morgan fingerprint density at radius 2 is 1.62 bits per heavy atom. The van der Waals surface area contributed by atoms with Crippen LogP contribution in [0.5, 0.6) is 0 Å². The molecule has 2 aromatic carbocycles. The number of ether oxygens (including phenoxy) is 1. The second kappa shape index (κ2) is 4.86. The standard InChI is InChI=1S/C16H11NO4/c1-21-16(20)10-7-8-12-13(9-10)15(19)17(14(12)18)11-5-3-2-4-6-11/h2-9H,1H3. The molecule has 2 amide bonds. The summed E-state index contributed by atoms with van der Waals surface area (Å²) in [5.74, 6) is -1.37. The third kappa shape index (κ3) is 1.99. The number of fused-ring (bicyclic) bond motifs is 1. The highest BCUT2D eigenvalue weighted by Gasteiger charge is 2.37. The number of para-hydroxylation sites is 1. The molecule has 1 aliphatic rings. The van der Waals surface area contributed by atoms with Crippen molar-refractivity contribution < 1.29 is 19.1 Å². The smallest absolute Gasteiger partial charge is 0.337 e. The summed E-state index contributed by atoms with van der Waals surface area (Å²) in [6.07, 6.45) is 0. The molecule has 0 saturated carbocycles. The van der Waals surface area contributed by atoms with Crippen LogP contribution in [0.4, 0.5) is 5.69 Å². The van der Waals surface area contributed by atoms with Crippen molar-refractivity contribution in [2.24, 2.45) is 0 Å². The highest BCUT2D eigenvalue weighted by Crippen LogP contribution is 2.28. The lowest BCUT2D eigenvalue weighted by Gasteiger charge is -2.13. The van der Waals surface area contributed by atoms with Crippen LogP contribution in [0, 0.1) is 0 Å². The largest absolute Gasteiger partial charge is 0.465 e. The number of hydrogen-bond donors (Lipinski definition) is 0. The molecule has 0 spiro atoms. The van der Waals surface area contributed by atoms with Gasteiger partial charge in [0.1, 0.15) is 0 Å². The Morgan fingerprint density at radius 1 is 0.952 bits per heavy atom. The number of nitrogens with zero attached hydrogens (tertiary/aromatic N) is 1. The molecule has 3 rings (SSSR count). The van der Waals surface area contributed by atoms with Gasteiger partial charge in [-0.15, -0.1) is 0 Å². The molecule has 0 saturated heterocycles. The molecule has 1 aliphatic heterocycles. The molecule has 2 aromatic rings. The first kappa shape index (κ1) is 13.1. The fourth-order valence-electron chi connectivity index (χ4n) is 2.30. The molecule has 1 heterocycles. The van der Waals surface area contributed by atoms with Gasteiger partial charge < -0.3 is 4.74 Å². The predicted molar refractivity (Wildman–Crippen MR) is 75.4 cm³/mol. The number of hydrogen-bond acceptors (Lipinski definition) is 4. The van der Waals surface area contributed by atoms with E-state index in [1.165, 1.54) is 25.3 Å². The molecule has 0 aromatic heterocycles. The molecule has 5 nitrogen and oxygen atoms in total. The van der Waals surface area contributed by atoms with E-state index in [0.29, 0.717) is 5.69 Å². The summed E-state index contributed by atoms with van der Waals surface area (Å²) in [5, 5.41) is 0. The van der Waals surface area contributed by atoms with Crippen LogP contribution in [0.3, 0.4) is 0 Å². The fraction of sp³-hybridized carbons (Fsp3) is 0.0625. The van der Waals surface area contributed by atoms with Crippen molar-refractivity contribution in [1.29, 1.82) is 0 Å². The Kier molecular flexibility index (Phi) is 3.02. The van der Waals surface area contributed by atoms with Gasteiger partial charge in [0.05, 0.1) is 29.5 Å². The van der Waals surface area contributed by atoms with Crippen molar-refractivity contribution in [3.8, 4) is 0 Å². The Hall–Kier alpha value is -2.95. The van der Waals surface area contributed by atoms with E-state index < -0.39 is 17.8 Å². The van der Waals surface area contributed by atoms with Gasteiger partial charge >= 0.3 is 5.97 Å². The summed E-state index contributed by atoms with van der Waals surface area (Å²) in [5.41, 5.74) is 1.25. The van der Waals surface area contributed by atoms with Crippen molar-refractivity contribution in [2.75, 3.05) is 12.0 Å². The van der Waals surface area contributed by atoms with Crippen molar-refractivity contribution >= 4 is 23.5 Å². The molecule has 21 heavy (non-hydrogen) atoms. The highest BCUT2D eigenvalue weighted by molar-refractivity contribution is 6.34. The van der Waals surface area contributed by atoms with Crippen LogP contribution < -0.4 is 4.90 Å². The highest BCUT2D eigenvalue weighted by atomic mass is 16.5. The van der Waals surface area contributed by atoms with Crippen molar-refractivity contribution in [1.82, 2.24) is 0 Å². The normalized spacial score (nSPS) is 13.3. The zero-order valence-corrected chi connectivity index (χ0v) is 11.2. The summed E-state index contributed by atoms with van der Waals surface area (Å²) in [7, 11) is 1.26. The van der Waals surface area contributed by atoms with Gasteiger partial charge in [-0.2, -0.15) is 0 Å². The molecular formula is C16H11NO4. The quantitative estimate of drug-likeness (QED) is 0.625. The molecule has 0 atom stereocenters. The minimum Gasteiger partial charge on any atom is -0.465 e.